The van der Waals surface area contributed by atoms with Crippen LogP contribution in [0.25, 0.3) is 21.8 Å². The molecule has 2 aliphatic carbocycles. The second-order valence-electron chi connectivity index (χ2n) is 8.44. The van der Waals surface area contributed by atoms with Crippen molar-refractivity contribution in [2.45, 2.75) is 37.5 Å². The van der Waals surface area contributed by atoms with Crippen molar-refractivity contribution in [1.29, 1.82) is 0 Å². The SMILES string of the molecule is Cn1ccc2cc([N+](=O)[O-])cc(C3CC3)c21.O=[N+]([O-])c1cc(C2CC2)c2[nH]ccc2c1. The number of nitrogens with zero attached hydrogens (tertiary/aromatic N) is 3. The number of nitro benzene ring substituents is 2. The summed E-state index contributed by atoms with van der Waals surface area (Å²) in [5, 5.41) is 23.5. The zero-order valence-corrected chi connectivity index (χ0v) is 17.1. The molecule has 2 aliphatic rings. The first-order valence-corrected chi connectivity index (χ1v) is 10.4. The lowest BCUT2D eigenvalue weighted by atomic mass is 10.1. The van der Waals surface area contributed by atoms with Crippen molar-refractivity contribution in [3.63, 3.8) is 0 Å². The first-order valence-electron chi connectivity index (χ1n) is 10.4. The van der Waals surface area contributed by atoms with Gasteiger partial charge in [0.05, 0.1) is 15.4 Å². The minimum atomic E-state index is -0.321. The summed E-state index contributed by atoms with van der Waals surface area (Å²) >= 11 is 0. The van der Waals surface area contributed by atoms with Gasteiger partial charge in [0.15, 0.2) is 0 Å². The number of benzene rings is 2. The van der Waals surface area contributed by atoms with E-state index in [1.165, 1.54) is 0 Å². The number of rotatable bonds is 4. The van der Waals surface area contributed by atoms with Crippen molar-refractivity contribution >= 4 is 33.2 Å². The topological polar surface area (TPSA) is 107 Å². The Hall–Kier alpha value is -3.68. The Labute approximate surface area is 177 Å². The third kappa shape index (κ3) is 3.65. The molecule has 0 radical (unpaired) electrons. The van der Waals surface area contributed by atoms with Gasteiger partial charge in [-0.1, -0.05) is 0 Å². The zero-order chi connectivity index (χ0) is 21.7. The van der Waals surface area contributed by atoms with Crippen LogP contribution in [0.1, 0.15) is 48.6 Å². The van der Waals surface area contributed by atoms with Crippen LogP contribution in [0.2, 0.25) is 0 Å². The molecule has 0 saturated heterocycles. The van der Waals surface area contributed by atoms with Crippen LogP contribution in [0.5, 0.6) is 0 Å². The van der Waals surface area contributed by atoms with Crippen molar-refractivity contribution in [2.75, 3.05) is 0 Å². The highest BCUT2D eigenvalue weighted by molar-refractivity contribution is 5.87. The lowest BCUT2D eigenvalue weighted by molar-refractivity contribution is -0.384. The lowest BCUT2D eigenvalue weighted by Crippen LogP contribution is -1.94. The smallest absolute Gasteiger partial charge is 0.270 e. The molecule has 0 atom stereocenters. The highest BCUT2D eigenvalue weighted by atomic mass is 16.6. The standard InChI is InChI=1S/C12H12N2O2.C11H10N2O2/c1-13-5-4-9-6-10(14(15)16)7-11(12(9)13)8-2-3-8;14-13(15)9-5-8-3-4-12-11(8)10(6-9)7-1-2-7/h4-8H,2-3H2,1H3;3-7,12H,1-2H2. The summed E-state index contributed by atoms with van der Waals surface area (Å²) in [5.74, 6) is 1.04. The highest BCUT2D eigenvalue weighted by Crippen LogP contribution is 2.45. The number of non-ortho nitro benzene ring substituents is 2. The van der Waals surface area contributed by atoms with Crippen LogP contribution in [0, 0.1) is 20.2 Å². The monoisotopic (exact) mass is 418 g/mol. The first kappa shape index (κ1) is 19.3. The van der Waals surface area contributed by atoms with Gasteiger partial charge in [-0.15, -0.1) is 0 Å². The first-order chi connectivity index (χ1) is 14.9. The number of H-pyrrole nitrogens is 1. The van der Waals surface area contributed by atoms with E-state index in [1.54, 1.807) is 24.3 Å². The summed E-state index contributed by atoms with van der Waals surface area (Å²) in [6, 6.07) is 10.5. The van der Waals surface area contributed by atoms with E-state index in [0.717, 1.165) is 58.6 Å². The van der Waals surface area contributed by atoms with Gasteiger partial charge in [0.25, 0.3) is 11.4 Å². The Kier molecular flexibility index (Phi) is 4.50. The van der Waals surface area contributed by atoms with Gasteiger partial charge in [-0.25, -0.2) is 0 Å². The molecule has 2 saturated carbocycles. The Morgan fingerprint density at radius 2 is 1.45 bits per heavy atom. The third-order valence-corrected chi connectivity index (χ3v) is 6.11. The molecule has 8 nitrogen and oxygen atoms in total. The molecule has 158 valence electrons. The predicted octanol–water partition coefficient (Wildman–Crippen LogP) is 5.92. The fourth-order valence-corrected chi connectivity index (χ4v) is 4.28. The van der Waals surface area contributed by atoms with E-state index in [1.807, 2.05) is 36.1 Å². The molecule has 4 aromatic rings. The summed E-state index contributed by atoms with van der Waals surface area (Å²) in [4.78, 5) is 24.1. The van der Waals surface area contributed by atoms with Crippen LogP contribution in [-0.2, 0) is 7.05 Å². The van der Waals surface area contributed by atoms with Crippen LogP contribution in [0.15, 0.2) is 48.8 Å². The zero-order valence-electron chi connectivity index (χ0n) is 17.1. The molecule has 2 aromatic carbocycles. The molecule has 2 heterocycles. The van der Waals surface area contributed by atoms with E-state index in [4.69, 9.17) is 0 Å². The molecular formula is C23H22N4O4. The molecule has 6 rings (SSSR count). The number of hydrogen-bond acceptors (Lipinski definition) is 4. The van der Waals surface area contributed by atoms with Gasteiger partial charge >= 0.3 is 0 Å². The molecule has 2 fully saturated rings. The van der Waals surface area contributed by atoms with Crippen LogP contribution in [0.4, 0.5) is 11.4 Å². The molecule has 31 heavy (non-hydrogen) atoms. The number of aromatic amines is 1. The van der Waals surface area contributed by atoms with Gasteiger partial charge in [0.2, 0.25) is 0 Å². The molecule has 8 heteroatoms. The number of nitrogens with one attached hydrogen (secondary N) is 1. The number of hydrogen-bond donors (Lipinski definition) is 1. The summed E-state index contributed by atoms with van der Waals surface area (Å²) in [7, 11) is 1.99. The van der Waals surface area contributed by atoms with E-state index in [0.29, 0.717) is 11.8 Å². The van der Waals surface area contributed by atoms with E-state index >= 15 is 0 Å². The Bertz CT molecular complexity index is 1330. The second-order valence-corrected chi connectivity index (χ2v) is 8.44. The molecule has 2 aromatic heterocycles. The highest BCUT2D eigenvalue weighted by Gasteiger charge is 2.29. The maximum absolute atomic E-state index is 10.8. The van der Waals surface area contributed by atoms with Crippen molar-refractivity contribution < 1.29 is 9.85 Å². The quantitative estimate of drug-likeness (QED) is 0.328. The van der Waals surface area contributed by atoms with E-state index in [9.17, 15) is 20.2 Å². The number of aryl methyl sites for hydroxylation is 1. The Balaban J connectivity index is 0.000000132. The molecule has 0 bridgehead atoms. The fraction of sp³-hybridized carbons (Fsp3) is 0.304. The molecule has 0 aliphatic heterocycles. The van der Waals surface area contributed by atoms with Crippen molar-refractivity contribution in [1.82, 2.24) is 9.55 Å². The molecule has 0 unspecified atom stereocenters. The largest absolute Gasteiger partial charge is 0.361 e. The van der Waals surface area contributed by atoms with Gasteiger partial charge < -0.3 is 9.55 Å². The van der Waals surface area contributed by atoms with Crippen LogP contribution < -0.4 is 0 Å². The van der Waals surface area contributed by atoms with Crippen molar-refractivity contribution in [3.05, 3.63) is 80.1 Å². The number of aromatic nitrogens is 2. The van der Waals surface area contributed by atoms with E-state index in [2.05, 4.69) is 4.98 Å². The van der Waals surface area contributed by atoms with Crippen LogP contribution in [-0.4, -0.2) is 19.4 Å². The minimum absolute atomic E-state index is 0.198. The fourth-order valence-electron chi connectivity index (χ4n) is 4.28. The van der Waals surface area contributed by atoms with E-state index in [-0.39, 0.29) is 21.2 Å². The second kappa shape index (κ2) is 7.23. The van der Waals surface area contributed by atoms with Crippen molar-refractivity contribution in [2.24, 2.45) is 7.05 Å². The average Bonchev–Trinajstić information content (AvgIpc) is 3.68. The van der Waals surface area contributed by atoms with Crippen LogP contribution in [0.3, 0.4) is 0 Å². The molecule has 0 spiro atoms. The Morgan fingerprint density at radius 3 is 2.06 bits per heavy atom. The maximum Gasteiger partial charge on any atom is 0.270 e. The van der Waals surface area contributed by atoms with Gasteiger partial charge in [-0.05, 0) is 60.8 Å². The lowest BCUT2D eigenvalue weighted by Gasteiger charge is -2.04. The number of nitro groups is 2. The maximum atomic E-state index is 10.8. The summed E-state index contributed by atoms with van der Waals surface area (Å²) in [6.07, 6.45) is 8.40. The van der Waals surface area contributed by atoms with Crippen molar-refractivity contribution in [3.8, 4) is 0 Å². The van der Waals surface area contributed by atoms with Gasteiger partial charge in [-0.2, -0.15) is 0 Å². The van der Waals surface area contributed by atoms with E-state index < -0.39 is 0 Å². The predicted molar refractivity (Wildman–Crippen MR) is 118 cm³/mol. The van der Waals surface area contributed by atoms with Gasteiger partial charge in [0.1, 0.15) is 0 Å². The summed E-state index contributed by atoms with van der Waals surface area (Å²) < 4.78 is 2.05. The van der Waals surface area contributed by atoms with Gasteiger partial charge in [0, 0.05) is 60.0 Å². The average molecular weight is 418 g/mol. The minimum Gasteiger partial charge on any atom is -0.361 e. The third-order valence-electron chi connectivity index (χ3n) is 6.11. The van der Waals surface area contributed by atoms with Gasteiger partial charge in [-0.3, -0.25) is 20.2 Å². The molecule has 0 amide bonds. The normalized spacial score (nSPS) is 15.6. The summed E-state index contributed by atoms with van der Waals surface area (Å²) in [5.41, 5.74) is 4.85. The molecular weight excluding hydrogens is 396 g/mol. The summed E-state index contributed by atoms with van der Waals surface area (Å²) in [6.45, 7) is 0. The number of fused-ring (bicyclic) bond motifs is 2. The van der Waals surface area contributed by atoms with Crippen LogP contribution >= 0.6 is 0 Å². The molecule has 1 N–H and O–H groups in total. The Morgan fingerprint density at radius 1 is 0.871 bits per heavy atom.